The quantitative estimate of drug-likeness (QED) is 0.391. The number of esters is 1. The summed E-state index contributed by atoms with van der Waals surface area (Å²) in [6.07, 6.45) is 0. The lowest BCUT2D eigenvalue weighted by atomic mass is 9.95. The number of hydrogen-bond donors (Lipinski definition) is 0. The summed E-state index contributed by atoms with van der Waals surface area (Å²) in [6, 6.07) is 10.3. The summed E-state index contributed by atoms with van der Waals surface area (Å²) < 4.78 is 16.6. The van der Waals surface area contributed by atoms with Crippen LogP contribution in [0.2, 0.25) is 0 Å². The Balaban J connectivity index is 1.95. The Morgan fingerprint density at radius 3 is 2.61 bits per heavy atom. The molecule has 0 saturated carbocycles. The maximum Gasteiger partial charge on any atom is 0.339 e. The molecule has 1 heterocycles. The fourth-order valence-electron chi connectivity index (χ4n) is 3.14. The largest absolute Gasteiger partial charge is 0.497 e. The van der Waals surface area contributed by atoms with Gasteiger partial charge in [0.05, 0.1) is 12.7 Å². The molecule has 0 N–H and O–H groups in total. The maximum absolute atomic E-state index is 12.5. The molecule has 0 bridgehead atoms. The SMILES string of the molecule is COc1ccc(Br)c(C(=O)OCc2cc(=O)oc3cc(C)c(C(C)C)cc23)c1. The van der Waals surface area contributed by atoms with E-state index in [4.69, 9.17) is 13.9 Å². The van der Waals surface area contributed by atoms with E-state index in [0.29, 0.717) is 32.9 Å². The highest BCUT2D eigenvalue weighted by molar-refractivity contribution is 9.10. The maximum atomic E-state index is 12.5. The van der Waals surface area contributed by atoms with Crippen molar-refractivity contribution >= 4 is 32.9 Å². The minimum atomic E-state index is -0.511. The summed E-state index contributed by atoms with van der Waals surface area (Å²) in [7, 11) is 1.53. The second kappa shape index (κ2) is 8.19. The third-order valence-electron chi connectivity index (χ3n) is 4.59. The topological polar surface area (TPSA) is 65.7 Å². The van der Waals surface area contributed by atoms with Crippen LogP contribution in [0, 0.1) is 6.92 Å². The summed E-state index contributed by atoms with van der Waals surface area (Å²) in [5.41, 5.74) is 3.19. The van der Waals surface area contributed by atoms with Crippen molar-refractivity contribution in [1.29, 1.82) is 0 Å². The molecule has 0 aliphatic heterocycles. The average Bonchev–Trinajstić information content (AvgIpc) is 2.65. The van der Waals surface area contributed by atoms with Gasteiger partial charge in [-0.15, -0.1) is 0 Å². The lowest BCUT2D eigenvalue weighted by Crippen LogP contribution is -2.09. The standard InChI is InChI=1S/C22H21BrO5/c1-12(2)16-10-17-14(8-21(24)28-20(17)7-13(16)3)11-27-22(25)18-9-15(26-4)5-6-19(18)23/h5-10,12H,11H2,1-4H3. The molecule has 0 aliphatic carbocycles. The molecule has 0 fully saturated rings. The number of carbonyl (C=O) groups is 1. The lowest BCUT2D eigenvalue weighted by Gasteiger charge is -2.13. The van der Waals surface area contributed by atoms with E-state index in [9.17, 15) is 9.59 Å². The fraction of sp³-hybridized carbons (Fsp3) is 0.273. The zero-order chi connectivity index (χ0) is 20.4. The zero-order valence-corrected chi connectivity index (χ0v) is 17.8. The van der Waals surface area contributed by atoms with Crippen LogP contribution in [0.15, 0.2) is 50.1 Å². The number of halogens is 1. The van der Waals surface area contributed by atoms with Crippen molar-refractivity contribution in [2.24, 2.45) is 0 Å². The van der Waals surface area contributed by atoms with Crippen LogP contribution < -0.4 is 10.4 Å². The molecule has 0 aliphatic rings. The Labute approximate surface area is 171 Å². The normalized spacial score (nSPS) is 11.1. The van der Waals surface area contributed by atoms with Gasteiger partial charge in [-0.3, -0.25) is 0 Å². The number of aryl methyl sites for hydroxylation is 1. The van der Waals surface area contributed by atoms with Gasteiger partial charge in [0.2, 0.25) is 0 Å². The van der Waals surface area contributed by atoms with Crippen molar-refractivity contribution in [3.05, 3.63) is 73.5 Å². The predicted molar refractivity (Wildman–Crippen MR) is 111 cm³/mol. The van der Waals surface area contributed by atoms with E-state index in [-0.39, 0.29) is 6.61 Å². The lowest BCUT2D eigenvalue weighted by molar-refractivity contribution is 0.0472. The first-order valence-corrected chi connectivity index (χ1v) is 9.67. The van der Waals surface area contributed by atoms with Gasteiger partial charge in [0.1, 0.15) is 17.9 Å². The third-order valence-corrected chi connectivity index (χ3v) is 5.28. The molecular weight excluding hydrogens is 424 g/mol. The Morgan fingerprint density at radius 1 is 1.18 bits per heavy atom. The molecule has 5 nitrogen and oxygen atoms in total. The molecule has 0 amide bonds. The minimum absolute atomic E-state index is 0.0365. The Morgan fingerprint density at radius 2 is 1.93 bits per heavy atom. The van der Waals surface area contributed by atoms with Crippen molar-refractivity contribution < 1.29 is 18.7 Å². The summed E-state index contributed by atoms with van der Waals surface area (Å²) >= 11 is 3.35. The summed E-state index contributed by atoms with van der Waals surface area (Å²) in [5.74, 6) is 0.362. The summed E-state index contributed by atoms with van der Waals surface area (Å²) in [4.78, 5) is 24.5. The molecule has 0 unspecified atom stereocenters. The molecule has 2 aromatic carbocycles. The van der Waals surface area contributed by atoms with E-state index < -0.39 is 11.6 Å². The van der Waals surface area contributed by atoms with Gasteiger partial charge in [-0.2, -0.15) is 0 Å². The Hall–Kier alpha value is -2.60. The first-order valence-electron chi connectivity index (χ1n) is 8.88. The molecule has 0 saturated heterocycles. The number of rotatable bonds is 5. The first kappa shape index (κ1) is 20.1. The molecule has 6 heteroatoms. The van der Waals surface area contributed by atoms with E-state index in [1.165, 1.54) is 13.2 Å². The van der Waals surface area contributed by atoms with Crippen LogP contribution in [0.1, 0.15) is 46.8 Å². The minimum Gasteiger partial charge on any atom is -0.497 e. The highest BCUT2D eigenvalue weighted by atomic mass is 79.9. The molecule has 0 radical (unpaired) electrons. The van der Waals surface area contributed by atoms with Crippen LogP contribution >= 0.6 is 15.9 Å². The average molecular weight is 445 g/mol. The number of carbonyl (C=O) groups excluding carboxylic acids is 1. The molecule has 3 rings (SSSR count). The van der Waals surface area contributed by atoms with Crippen LogP contribution in [-0.4, -0.2) is 13.1 Å². The van der Waals surface area contributed by atoms with Gasteiger partial charge in [0, 0.05) is 21.5 Å². The van der Waals surface area contributed by atoms with Crippen LogP contribution in [0.4, 0.5) is 0 Å². The van der Waals surface area contributed by atoms with Gasteiger partial charge in [-0.25, -0.2) is 9.59 Å². The predicted octanol–water partition coefficient (Wildman–Crippen LogP) is 5.35. The van der Waals surface area contributed by atoms with Gasteiger partial charge in [0.15, 0.2) is 0 Å². The van der Waals surface area contributed by atoms with E-state index in [0.717, 1.165) is 16.5 Å². The van der Waals surface area contributed by atoms with Gasteiger partial charge in [0.25, 0.3) is 0 Å². The number of benzene rings is 2. The van der Waals surface area contributed by atoms with Crippen LogP contribution in [0.25, 0.3) is 11.0 Å². The molecule has 28 heavy (non-hydrogen) atoms. The van der Waals surface area contributed by atoms with Crippen LogP contribution in [0.3, 0.4) is 0 Å². The van der Waals surface area contributed by atoms with Crippen LogP contribution in [0.5, 0.6) is 5.75 Å². The Bertz CT molecular complexity index is 1100. The van der Waals surface area contributed by atoms with Gasteiger partial charge < -0.3 is 13.9 Å². The van der Waals surface area contributed by atoms with Crippen molar-refractivity contribution in [2.45, 2.75) is 33.3 Å². The van der Waals surface area contributed by atoms with Crippen molar-refractivity contribution in [3.8, 4) is 5.75 Å². The smallest absolute Gasteiger partial charge is 0.339 e. The fourth-order valence-corrected chi connectivity index (χ4v) is 3.55. The molecule has 146 valence electrons. The van der Waals surface area contributed by atoms with E-state index in [2.05, 4.69) is 29.8 Å². The molecule has 0 atom stereocenters. The number of hydrogen-bond acceptors (Lipinski definition) is 5. The Kier molecular flexibility index (Phi) is 5.89. The molecule has 1 aromatic heterocycles. The van der Waals surface area contributed by atoms with Crippen LogP contribution in [-0.2, 0) is 11.3 Å². The second-order valence-electron chi connectivity index (χ2n) is 6.87. The number of fused-ring (bicyclic) bond motifs is 1. The molecule has 3 aromatic rings. The first-order chi connectivity index (χ1) is 13.3. The molecular formula is C22H21BrO5. The van der Waals surface area contributed by atoms with E-state index in [1.54, 1.807) is 18.2 Å². The van der Waals surface area contributed by atoms with Gasteiger partial charge >= 0.3 is 11.6 Å². The van der Waals surface area contributed by atoms with Crippen molar-refractivity contribution in [3.63, 3.8) is 0 Å². The second-order valence-corrected chi connectivity index (χ2v) is 7.73. The van der Waals surface area contributed by atoms with Gasteiger partial charge in [-0.05, 0) is 70.2 Å². The van der Waals surface area contributed by atoms with Crippen molar-refractivity contribution in [2.75, 3.05) is 7.11 Å². The van der Waals surface area contributed by atoms with Crippen molar-refractivity contribution in [1.82, 2.24) is 0 Å². The molecule has 0 spiro atoms. The monoisotopic (exact) mass is 444 g/mol. The zero-order valence-electron chi connectivity index (χ0n) is 16.2. The number of ether oxygens (including phenoxy) is 2. The third kappa shape index (κ3) is 4.12. The highest BCUT2D eigenvalue weighted by Crippen LogP contribution is 2.28. The summed E-state index contributed by atoms with van der Waals surface area (Å²) in [6.45, 7) is 6.16. The van der Waals surface area contributed by atoms with E-state index >= 15 is 0 Å². The number of methoxy groups -OCH3 is 1. The highest BCUT2D eigenvalue weighted by Gasteiger charge is 2.16. The van der Waals surface area contributed by atoms with Gasteiger partial charge in [-0.1, -0.05) is 13.8 Å². The van der Waals surface area contributed by atoms with E-state index in [1.807, 2.05) is 19.1 Å². The summed E-state index contributed by atoms with van der Waals surface area (Å²) in [5, 5.41) is 0.770.